The third kappa shape index (κ3) is 4.08. The minimum atomic E-state index is -0.400. The molecule has 0 aliphatic rings. The van der Waals surface area contributed by atoms with Gasteiger partial charge in [-0.25, -0.2) is 0 Å². The van der Waals surface area contributed by atoms with Gasteiger partial charge in [-0.2, -0.15) is 0 Å². The molecule has 1 unspecified atom stereocenters. The van der Waals surface area contributed by atoms with Crippen LogP contribution in [0.15, 0.2) is 36.4 Å². The molecule has 0 aliphatic carbocycles. The molecule has 2 heteroatoms. The molecule has 0 aromatic heterocycles. The first-order valence-electron chi connectivity index (χ1n) is 7.37. The maximum atomic E-state index is 10.4. The highest BCUT2D eigenvalue weighted by atomic mass is 16.5. The Morgan fingerprint density at radius 2 is 1.71 bits per heavy atom. The van der Waals surface area contributed by atoms with E-state index in [1.807, 2.05) is 12.1 Å². The summed E-state index contributed by atoms with van der Waals surface area (Å²) < 4.78 is 5.38. The Kier molecular flexibility index (Phi) is 5.03. The Morgan fingerprint density at radius 1 is 0.952 bits per heavy atom. The smallest absolute Gasteiger partial charge is 0.122 e. The molecule has 2 aromatic rings. The van der Waals surface area contributed by atoms with Gasteiger partial charge in [-0.1, -0.05) is 35.9 Å². The van der Waals surface area contributed by atoms with Crippen LogP contribution in [0.1, 0.15) is 27.8 Å². The Bertz CT molecular complexity index is 617. The molecule has 112 valence electrons. The van der Waals surface area contributed by atoms with Crippen LogP contribution >= 0.6 is 0 Å². The third-order valence-electron chi connectivity index (χ3n) is 3.93. The summed E-state index contributed by atoms with van der Waals surface area (Å²) >= 11 is 0. The van der Waals surface area contributed by atoms with Crippen LogP contribution in [0, 0.1) is 20.8 Å². The lowest BCUT2D eigenvalue weighted by molar-refractivity contribution is 0.174. The van der Waals surface area contributed by atoms with Crippen molar-refractivity contribution in [2.45, 2.75) is 39.7 Å². The van der Waals surface area contributed by atoms with Gasteiger partial charge in [0.15, 0.2) is 0 Å². The molecule has 0 aliphatic heterocycles. The number of methoxy groups -OCH3 is 1. The zero-order valence-electron chi connectivity index (χ0n) is 13.3. The van der Waals surface area contributed by atoms with Crippen molar-refractivity contribution in [3.63, 3.8) is 0 Å². The highest BCUT2D eigenvalue weighted by molar-refractivity contribution is 5.37. The van der Waals surface area contributed by atoms with Crippen molar-refractivity contribution in [3.8, 4) is 5.75 Å². The average Bonchev–Trinajstić information content (AvgIpc) is 2.43. The lowest BCUT2D eigenvalue weighted by Crippen LogP contribution is -2.14. The summed E-state index contributed by atoms with van der Waals surface area (Å²) in [7, 11) is 1.67. The number of aryl methyl sites for hydroxylation is 3. The van der Waals surface area contributed by atoms with Gasteiger partial charge in [-0.05, 0) is 55.5 Å². The van der Waals surface area contributed by atoms with E-state index in [0.29, 0.717) is 12.8 Å². The number of aliphatic hydroxyl groups is 1. The van der Waals surface area contributed by atoms with E-state index in [1.165, 1.54) is 22.3 Å². The van der Waals surface area contributed by atoms with Gasteiger partial charge in [0, 0.05) is 6.42 Å². The average molecular weight is 284 g/mol. The lowest BCUT2D eigenvalue weighted by atomic mass is 9.97. The van der Waals surface area contributed by atoms with Gasteiger partial charge in [0.25, 0.3) is 0 Å². The van der Waals surface area contributed by atoms with Gasteiger partial charge < -0.3 is 9.84 Å². The highest BCUT2D eigenvalue weighted by Gasteiger charge is 2.11. The standard InChI is InChI=1S/C19H24O2/c1-13-5-8-19(21-4)17(9-13)12-18(20)11-16-7-6-14(2)15(3)10-16/h5-10,18,20H,11-12H2,1-4H3. The second-order valence-electron chi connectivity index (χ2n) is 5.80. The Hall–Kier alpha value is -1.80. The fourth-order valence-electron chi connectivity index (χ4n) is 2.60. The summed E-state index contributed by atoms with van der Waals surface area (Å²) in [6.07, 6.45) is 0.874. The van der Waals surface area contributed by atoms with Gasteiger partial charge in [0.05, 0.1) is 13.2 Å². The lowest BCUT2D eigenvalue weighted by Gasteiger charge is -2.15. The molecular formula is C19H24O2. The van der Waals surface area contributed by atoms with E-state index in [4.69, 9.17) is 4.74 Å². The van der Waals surface area contributed by atoms with E-state index >= 15 is 0 Å². The van der Waals surface area contributed by atoms with E-state index in [1.54, 1.807) is 7.11 Å². The maximum Gasteiger partial charge on any atom is 0.122 e. The van der Waals surface area contributed by atoms with E-state index in [-0.39, 0.29) is 0 Å². The van der Waals surface area contributed by atoms with E-state index < -0.39 is 6.10 Å². The monoisotopic (exact) mass is 284 g/mol. The van der Waals surface area contributed by atoms with E-state index in [9.17, 15) is 5.11 Å². The van der Waals surface area contributed by atoms with Crippen LogP contribution in [0.2, 0.25) is 0 Å². The molecule has 0 amide bonds. The first-order chi connectivity index (χ1) is 9.99. The maximum absolute atomic E-state index is 10.4. The van der Waals surface area contributed by atoms with Crippen molar-refractivity contribution in [1.29, 1.82) is 0 Å². The minimum Gasteiger partial charge on any atom is -0.496 e. The van der Waals surface area contributed by atoms with Crippen molar-refractivity contribution in [1.82, 2.24) is 0 Å². The summed E-state index contributed by atoms with van der Waals surface area (Å²) in [4.78, 5) is 0. The predicted octanol–water partition coefficient (Wildman–Crippen LogP) is 3.77. The summed E-state index contributed by atoms with van der Waals surface area (Å²) in [6.45, 7) is 6.26. The number of rotatable bonds is 5. The van der Waals surface area contributed by atoms with Crippen LogP contribution in [0.4, 0.5) is 0 Å². The second-order valence-corrected chi connectivity index (χ2v) is 5.80. The summed E-state index contributed by atoms with van der Waals surface area (Å²) in [5.41, 5.74) is 5.98. The molecule has 2 rings (SSSR count). The van der Waals surface area contributed by atoms with Gasteiger partial charge >= 0.3 is 0 Å². The Balaban J connectivity index is 2.09. The molecule has 0 saturated heterocycles. The summed E-state index contributed by atoms with van der Waals surface area (Å²) in [5, 5.41) is 10.4. The topological polar surface area (TPSA) is 29.5 Å². The molecule has 2 nitrogen and oxygen atoms in total. The van der Waals surface area contributed by atoms with Gasteiger partial charge in [-0.15, -0.1) is 0 Å². The largest absolute Gasteiger partial charge is 0.496 e. The molecule has 0 heterocycles. The number of hydrogen-bond acceptors (Lipinski definition) is 2. The molecule has 2 aromatic carbocycles. The molecule has 0 fully saturated rings. The van der Waals surface area contributed by atoms with Crippen LogP contribution < -0.4 is 4.74 Å². The van der Waals surface area contributed by atoms with Crippen molar-refractivity contribution in [3.05, 3.63) is 64.2 Å². The number of benzene rings is 2. The van der Waals surface area contributed by atoms with Crippen molar-refractivity contribution >= 4 is 0 Å². The van der Waals surface area contributed by atoms with Crippen LogP contribution in [0.5, 0.6) is 5.75 Å². The third-order valence-corrected chi connectivity index (χ3v) is 3.93. The van der Waals surface area contributed by atoms with Crippen LogP contribution in [-0.2, 0) is 12.8 Å². The van der Waals surface area contributed by atoms with Gasteiger partial charge in [0.2, 0.25) is 0 Å². The fraction of sp³-hybridized carbons (Fsp3) is 0.368. The number of hydrogen-bond donors (Lipinski definition) is 1. The molecule has 1 atom stereocenters. The molecule has 0 radical (unpaired) electrons. The molecule has 21 heavy (non-hydrogen) atoms. The van der Waals surface area contributed by atoms with Gasteiger partial charge in [0.1, 0.15) is 5.75 Å². The summed E-state index contributed by atoms with van der Waals surface area (Å²) in [5.74, 6) is 0.847. The van der Waals surface area contributed by atoms with Crippen LogP contribution in [0.3, 0.4) is 0 Å². The van der Waals surface area contributed by atoms with Crippen LogP contribution in [0.25, 0.3) is 0 Å². The Labute approximate surface area is 127 Å². The van der Waals surface area contributed by atoms with Crippen molar-refractivity contribution in [2.75, 3.05) is 7.11 Å². The van der Waals surface area contributed by atoms with E-state index in [0.717, 1.165) is 11.3 Å². The zero-order valence-corrected chi connectivity index (χ0v) is 13.3. The minimum absolute atomic E-state index is 0.400. The zero-order chi connectivity index (χ0) is 15.4. The van der Waals surface area contributed by atoms with Crippen LogP contribution in [-0.4, -0.2) is 18.3 Å². The SMILES string of the molecule is COc1ccc(C)cc1CC(O)Cc1ccc(C)c(C)c1. The van der Waals surface area contributed by atoms with Crippen molar-refractivity contribution in [2.24, 2.45) is 0 Å². The number of ether oxygens (including phenoxy) is 1. The second kappa shape index (κ2) is 6.77. The molecule has 0 spiro atoms. The van der Waals surface area contributed by atoms with Crippen molar-refractivity contribution < 1.29 is 9.84 Å². The normalized spacial score (nSPS) is 12.2. The molecule has 1 N–H and O–H groups in total. The molecule has 0 bridgehead atoms. The van der Waals surface area contributed by atoms with Gasteiger partial charge in [-0.3, -0.25) is 0 Å². The highest BCUT2D eigenvalue weighted by Crippen LogP contribution is 2.22. The van der Waals surface area contributed by atoms with E-state index in [2.05, 4.69) is 45.0 Å². The molecular weight excluding hydrogens is 260 g/mol. The Morgan fingerprint density at radius 3 is 2.38 bits per heavy atom. The predicted molar refractivity (Wildman–Crippen MR) is 87.1 cm³/mol. The quantitative estimate of drug-likeness (QED) is 0.905. The summed E-state index contributed by atoms with van der Waals surface area (Å²) in [6, 6.07) is 12.4. The first-order valence-corrected chi connectivity index (χ1v) is 7.37. The molecule has 0 saturated carbocycles. The first kappa shape index (κ1) is 15.6. The number of aliphatic hydroxyl groups excluding tert-OH is 1. The fourth-order valence-corrected chi connectivity index (χ4v) is 2.60.